The van der Waals surface area contributed by atoms with Crippen molar-refractivity contribution in [2.75, 3.05) is 32.8 Å². The minimum Gasteiger partial charge on any atom is -0.379 e. The number of piperidine rings is 1. The molecule has 2 fully saturated rings. The summed E-state index contributed by atoms with van der Waals surface area (Å²) in [5.74, 6) is 0.696. The summed E-state index contributed by atoms with van der Waals surface area (Å²) >= 11 is 0. The Hall–Kier alpha value is -0.120. The molecule has 1 N–H and O–H groups in total. The quantitative estimate of drug-likeness (QED) is 0.794. The molecule has 0 aromatic carbocycles. The van der Waals surface area contributed by atoms with Crippen LogP contribution in [0.5, 0.6) is 0 Å². The van der Waals surface area contributed by atoms with Gasteiger partial charge in [-0.2, -0.15) is 0 Å². The maximum absolute atomic E-state index is 5.64. The van der Waals surface area contributed by atoms with Gasteiger partial charge in [-0.05, 0) is 32.4 Å². The number of nitrogens with one attached hydrogen (secondary N) is 1. The first-order valence-electron chi connectivity index (χ1n) is 7.40. The van der Waals surface area contributed by atoms with Crippen molar-refractivity contribution >= 4 is 0 Å². The van der Waals surface area contributed by atoms with Crippen LogP contribution in [-0.2, 0) is 4.74 Å². The summed E-state index contributed by atoms with van der Waals surface area (Å²) in [5.41, 5.74) is 0. The maximum Gasteiger partial charge on any atom is 0.0623 e. The van der Waals surface area contributed by atoms with Gasteiger partial charge in [-0.15, -0.1) is 0 Å². The third-order valence-electron chi connectivity index (χ3n) is 4.35. The average molecular weight is 240 g/mol. The normalized spacial score (nSPS) is 35.3. The topological polar surface area (TPSA) is 24.5 Å². The molecule has 2 aliphatic rings. The zero-order valence-corrected chi connectivity index (χ0v) is 11.5. The van der Waals surface area contributed by atoms with Gasteiger partial charge >= 0.3 is 0 Å². The van der Waals surface area contributed by atoms with Gasteiger partial charge in [0.1, 0.15) is 0 Å². The zero-order valence-electron chi connectivity index (χ0n) is 11.5. The van der Waals surface area contributed by atoms with Crippen LogP contribution in [0.25, 0.3) is 0 Å². The molecule has 0 aromatic heterocycles. The molecule has 17 heavy (non-hydrogen) atoms. The van der Waals surface area contributed by atoms with Crippen molar-refractivity contribution in [1.82, 2.24) is 10.2 Å². The van der Waals surface area contributed by atoms with Crippen molar-refractivity contribution in [3.8, 4) is 0 Å². The van der Waals surface area contributed by atoms with Gasteiger partial charge in [0.25, 0.3) is 0 Å². The first-order chi connectivity index (χ1) is 8.35. The SMILES string of the molecule is CCNC1COCC1CN1CCCCC1CC. The van der Waals surface area contributed by atoms with E-state index in [9.17, 15) is 0 Å². The molecule has 2 aliphatic heterocycles. The first kappa shape index (κ1) is 13.3. The molecule has 0 radical (unpaired) electrons. The molecule has 0 spiro atoms. The van der Waals surface area contributed by atoms with E-state index in [0.29, 0.717) is 12.0 Å². The van der Waals surface area contributed by atoms with E-state index < -0.39 is 0 Å². The summed E-state index contributed by atoms with van der Waals surface area (Å²) in [6.07, 6.45) is 5.51. The van der Waals surface area contributed by atoms with E-state index in [4.69, 9.17) is 4.74 Å². The fourth-order valence-corrected chi connectivity index (χ4v) is 3.33. The lowest BCUT2D eigenvalue weighted by Gasteiger charge is -2.37. The van der Waals surface area contributed by atoms with E-state index in [0.717, 1.165) is 25.8 Å². The van der Waals surface area contributed by atoms with Gasteiger partial charge < -0.3 is 10.1 Å². The number of likely N-dealkylation sites (tertiary alicyclic amines) is 1. The highest BCUT2D eigenvalue weighted by Gasteiger charge is 2.31. The van der Waals surface area contributed by atoms with Crippen LogP contribution >= 0.6 is 0 Å². The van der Waals surface area contributed by atoms with Crippen molar-refractivity contribution in [1.29, 1.82) is 0 Å². The average Bonchev–Trinajstić information content (AvgIpc) is 2.78. The molecule has 0 bridgehead atoms. The highest BCUT2D eigenvalue weighted by Crippen LogP contribution is 2.23. The summed E-state index contributed by atoms with van der Waals surface area (Å²) < 4.78 is 5.64. The van der Waals surface area contributed by atoms with Crippen LogP contribution in [0.3, 0.4) is 0 Å². The smallest absolute Gasteiger partial charge is 0.0623 e. The Labute approximate surface area is 106 Å². The van der Waals surface area contributed by atoms with Gasteiger partial charge in [0.15, 0.2) is 0 Å². The molecule has 2 saturated heterocycles. The number of ether oxygens (including phenoxy) is 1. The molecule has 2 rings (SSSR count). The number of nitrogens with zero attached hydrogens (tertiary/aromatic N) is 1. The molecule has 3 unspecified atom stereocenters. The van der Waals surface area contributed by atoms with Gasteiger partial charge in [-0.1, -0.05) is 20.3 Å². The lowest BCUT2D eigenvalue weighted by molar-refractivity contribution is 0.109. The summed E-state index contributed by atoms with van der Waals surface area (Å²) in [5, 5.41) is 3.57. The second-order valence-electron chi connectivity index (χ2n) is 5.51. The Morgan fingerprint density at radius 2 is 2.12 bits per heavy atom. The Kier molecular flexibility index (Phi) is 5.26. The second-order valence-corrected chi connectivity index (χ2v) is 5.51. The van der Waals surface area contributed by atoms with Crippen molar-refractivity contribution in [3.05, 3.63) is 0 Å². The third kappa shape index (κ3) is 3.43. The van der Waals surface area contributed by atoms with E-state index in [2.05, 4.69) is 24.1 Å². The molecule has 0 amide bonds. The predicted octanol–water partition coefficient (Wildman–Crippen LogP) is 1.88. The molecule has 0 aromatic rings. The second kappa shape index (κ2) is 6.72. The minimum absolute atomic E-state index is 0.583. The van der Waals surface area contributed by atoms with Gasteiger partial charge in [0.2, 0.25) is 0 Å². The first-order valence-corrected chi connectivity index (χ1v) is 7.40. The molecule has 100 valence electrons. The van der Waals surface area contributed by atoms with Crippen LogP contribution in [0.2, 0.25) is 0 Å². The number of likely N-dealkylation sites (N-methyl/N-ethyl adjacent to an activating group) is 1. The summed E-state index contributed by atoms with van der Waals surface area (Å²) in [6.45, 7) is 9.96. The van der Waals surface area contributed by atoms with E-state index in [1.165, 1.54) is 38.8 Å². The van der Waals surface area contributed by atoms with Crippen molar-refractivity contribution in [3.63, 3.8) is 0 Å². The lowest BCUT2D eigenvalue weighted by atomic mass is 9.96. The lowest BCUT2D eigenvalue weighted by Crippen LogP contribution is -2.46. The molecular formula is C14H28N2O. The summed E-state index contributed by atoms with van der Waals surface area (Å²) in [6, 6.07) is 1.41. The zero-order chi connectivity index (χ0) is 12.1. The highest BCUT2D eigenvalue weighted by atomic mass is 16.5. The molecule has 0 aliphatic carbocycles. The Morgan fingerprint density at radius 3 is 2.88 bits per heavy atom. The van der Waals surface area contributed by atoms with Crippen LogP contribution in [0.15, 0.2) is 0 Å². The maximum atomic E-state index is 5.64. The Bertz CT molecular complexity index is 222. The molecule has 3 nitrogen and oxygen atoms in total. The standard InChI is InChI=1S/C14H28N2O/c1-3-13-7-5-6-8-16(13)9-12-10-17-11-14(12)15-4-2/h12-15H,3-11H2,1-2H3. The van der Waals surface area contributed by atoms with Crippen LogP contribution < -0.4 is 5.32 Å². The van der Waals surface area contributed by atoms with Crippen LogP contribution in [-0.4, -0.2) is 49.8 Å². The minimum atomic E-state index is 0.583. The van der Waals surface area contributed by atoms with Gasteiger partial charge in [0.05, 0.1) is 13.2 Å². The van der Waals surface area contributed by atoms with E-state index >= 15 is 0 Å². The van der Waals surface area contributed by atoms with E-state index in [-0.39, 0.29) is 0 Å². The van der Waals surface area contributed by atoms with Crippen LogP contribution in [0.1, 0.15) is 39.5 Å². The summed E-state index contributed by atoms with van der Waals surface area (Å²) in [7, 11) is 0. The number of hydrogen-bond donors (Lipinski definition) is 1. The van der Waals surface area contributed by atoms with Gasteiger partial charge in [0, 0.05) is 24.5 Å². The van der Waals surface area contributed by atoms with E-state index in [1.54, 1.807) is 0 Å². The van der Waals surface area contributed by atoms with Crippen molar-refractivity contribution < 1.29 is 4.74 Å². The highest BCUT2D eigenvalue weighted by molar-refractivity contribution is 4.86. The molecular weight excluding hydrogens is 212 g/mol. The predicted molar refractivity (Wildman–Crippen MR) is 71.3 cm³/mol. The van der Waals surface area contributed by atoms with Gasteiger partial charge in [-0.25, -0.2) is 0 Å². The number of hydrogen-bond acceptors (Lipinski definition) is 3. The summed E-state index contributed by atoms with van der Waals surface area (Å²) in [4.78, 5) is 2.72. The third-order valence-corrected chi connectivity index (χ3v) is 4.35. The van der Waals surface area contributed by atoms with Crippen LogP contribution in [0, 0.1) is 5.92 Å². The fraction of sp³-hybridized carbons (Fsp3) is 1.00. The number of rotatable bonds is 5. The van der Waals surface area contributed by atoms with Crippen molar-refractivity contribution in [2.24, 2.45) is 5.92 Å². The molecule has 3 atom stereocenters. The molecule has 2 heterocycles. The van der Waals surface area contributed by atoms with E-state index in [1.807, 2.05) is 0 Å². The molecule has 0 saturated carbocycles. The Morgan fingerprint density at radius 1 is 1.24 bits per heavy atom. The Balaban J connectivity index is 1.85. The largest absolute Gasteiger partial charge is 0.379 e. The monoisotopic (exact) mass is 240 g/mol. The van der Waals surface area contributed by atoms with Crippen LogP contribution in [0.4, 0.5) is 0 Å². The molecule has 3 heteroatoms. The fourth-order valence-electron chi connectivity index (χ4n) is 3.33. The van der Waals surface area contributed by atoms with Gasteiger partial charge in [-0.3, -0.25) is 4.90 Å². The van der Waals surface area contributed by atoms with Crippen molar-refractivity contribution in [2.45, 2.75) is 51.6 Å².